The van der Waals surface area contributed by atoms with E-state index >= 15 is 0 Å². The molecule has 0 saturated carbocycles. The molecule has 0 radical (unpaired) electrons. The third-order valence-electron chi connectivity index (χ3n) is 1.47. The number of aryl methyl sites for hydroxylation is 1. The van der Waals surface area contributed by atoms with Crippen LogP contribution in [0.25, 0.3) is 6.08 Å². The van der Waals surface area contributed by atoms with E-state index in [-0.39, 0.29) is 5.82 Å². The van der Waals surface area contributed by atoms with Gasteiger partial charge in [0.1, 0.15) is 5.82 Å². The first-order valence-corrected chi connectivity index (χ1v) is 4.18. The molecular weight excluding hydrogens is 226 g/mol. The summed E-state index contributed by atoms with van der Waals surface area (Å²) in [7, 11) is 0. The van der Waals surface area contributed by atoms with Crippen LogP contribution in [0.3, 0.4) is 0 Å². The highest BCUT2D eigenvalue weighted by Gasteiger charge is 1.97. The molecule has 1 rings (SSSR count). The number of benzene rings is 1. The van der Waals surface area contributed by atoms with Gasteiger partial charge >= 0.3 is 0 Å². The Balaban J connectivity index is 3.05. The summed E-state index contributed by atoms with van der Waals surface area (Å²) in [6, 6.07) is 4.55. The zero-order chi connectivity index (χ0) is 9.14. The van der Waals surface area contributed by atoms with E-state index in [9.17, 15) is 8.78 Å². The molecule has 0 heterocycles. The molecule has 0 N–H and O–H groups in total. The van der Waals surface area contributed by atoms with Gasteiger partial charge in [0.05, 0.1) is 0 Å². The molecule has 0 amide bonds. The molecule has 0 spiro atoms. The van der Waals surface area contributed by atoms with Crippen molar-refractivity contribution in [3.8, 4) is 0 Å². The van der Waals surface area contributed by atoms with Crippen molar-refractivity contribution in [1.29, 1.82) is 0 Å². The van der Waals surface area contributed by atoms with Crippen LogP contribution in [-0.4, -0.2) is 0 Å². The zero-order valence-corrected chi connectivity index (χ0v) is 8.03. The van der Waals surface area contributed by atoms with Crippen molar-refractivity contribution in [2.24, 2.45) is 0 Å². The maximum absolute atomic E-state index is 12.9. The lowest BCUT2D eigenvalue weighted by Gasteiger charge is -1.96. The Kier molecular flexibility index (Phi) is 2.98. The monoisotopic (exact) mass is 232 g/mol. The smallest absolute Gasteiger partial charge is 0.166 e. The van der Waals surface area contributed by atoms with Crippen molar-refractivity contribution in [2.75, 3.05) is 0 Å². The Bertz CT molecular complexity index is 314. The molecule has 0 aromatic heterocycles. The zero-order valence-electron chi connectivity index (χ0n) is 6.44. The fraction of sp³-hybridized carbons (Fsp3) is 0.111. The topological polar surface area (TPSA) is 0 Å². The third-order valence-corrected chi connectivity index (χ3v) is 1.70. The molecule has 0 unspecified atom stereocenters. The van der Waals surface area contributed by atoms with Crippen molar-refractivity contribution >= 4 is 22.0 Å². The summed E-state index contributed by atoms with van der Waals surface area (Å²) in [5, 5.41) is 0. The van der Waals surface area contributed by atoms with Gasteiger partial charge < -0.3 is 0 Å². The molecule has 12 heavy (non-hydrogen) atoms. The molecule has 0 nitrogen and oxygen atoms in total. The van der Waals surface area contributed by atoms with Gasteiger partial charge in [-0.15, -0.1) is 0 Å². The summed E-state index contributed by atoms with van der Waals surface area (Å²) in [4.78, 5) is 0. The number of rotatable bonds is 1. The first kappa shape index (κ1) is 9.39. The first-order valence-electron chi connectivity index (χ1n) is 3.38. The fourth-order valence-electron chi connectivity index (χ4n) is 0.825. The summed E-state index contributed by atoms with van der Waals surface area (Å²) < 4.78 is 24.6. The number of hydrogen-bond donors (Lipinski definition) is 0. The molecule has 3 heteroatoms. The van der Waals surface area contributed by atoms with Gasteiger partial charge in [0.2, 0.25) is 0 Å². The molecule has 0 saturated heterocycles. The van der Waals surface area contributed by atoms with Crippen LogP contribution in [0, 0.1) is 12.7 Å². The van der Waals surface area contributed by atoms with E-state index in [1.165, 1.54) is 12.1 Å². The highest BCUT2D eigenvalue weighted by atomic mass is 79.9. The molecule has 1 aromatic carbocycles. The van der Waals surface area contributed by atoms with Crippen molar-refractivity contribution in [3.05, 3.63) is 39.9 Å². The summed E-state index contributed by atoms with van der Waals surface area (Å²) in [5.74, 6) is -0.322. The highest BCUT2D eigenvalue weighted by Crippen LogP contribution is 2.15. The largest absolute Gasteiger partial charge is 0.207 e. The quantitative estimate of drug-likeness (QED) is 0.692. The molecule has 0 atom stereocenters. The molecular formula is C9H7BrF2. The van der Waals surface area contributed by atoms with Crippen molar-refractivity contribution in [1.82, 2.24) is 0 Å². The van der Waals surface area contributed by atoms with E-state index in [1.807, 2.05) is 0 Å². The van der Waals surface area contributed by atoms with Crippen LogP contribution < -0.4 is 0 Å². The lowest BCUT2D eigenvalue weighted by molar-refractivity contribution is 0.618. The van der Waals surface area contributed by atoms with Gasteiger partial charge in [0.25, 0.3) is 0 Å². The van der Waals surface area contributed by atoms with E-state index in [0.717, 1.165) is 0 Å². The summed E-state index contributed by atoms with van der Waals surface area (Å²) in [5.41, 5.74) is 1.06. The Hall–Kier alpha value is -0.700. The summed E-state index contributed by atoms with van der Waals surface area (Å²) in [6.45, 7) is 1.66. The second kappa shape index (κ2) is 3.81. The van der Waals surface area contributed by atoms with Crippen LogP contribution in [0.1, 0.15) is 11.1 Å². The van der Waals surface area contributed by atoms with Gasteiger partial charge in [-0.3, -0.25) is 0 Å². The van der Waals surface area contributed by atoms with E-state index in [2.05, 4.69) is 15.9 Å². The SMILES string of the molecule is Cc1ccc(/C=C(\F)Br)cc1F. The first-order chi connectivity index (χ1) is 5.59. The van der Waals surface area contributed by atoms with Crippen LogP contribution >= 0.6 is 15.9 Å². The van der Waals surface area contributed by atoms with Crippen molar-refractivity contribution in [3.63, 3.8) is 0 Å². The maximum Gasteiger partial charge on any atom is 0.166 e. The minimum Gasteiger partial charge on any atom is -0.207 e. The van der Waals surface area contributed by atoms with E-state index < -0.39 is 4.74 Å². The van der Waals surface area contributed by atoms with Crippen molar-refractivity contribution < 1.29 is 8.78 Å². The van der Waals surface area contributed by atoms with E-state index in [0.29, 0.717) is 11.1 Å². The molecule has 0 aliphatic carbocycles. The molecule has 0 bridgehead atoms. The Labute approximate surface area is 78.0 Å². The molecule has 0 aliphatic heterocycles. The summed E-state index contributed by atoms with van der Waals surface area (Å²) >= 11 is 2.63. The lowest BCUT2D eigenvalue weighted by Crippen LogP contribution is -1.82. The highest BCUT2D eigenvalue weighted by molar-refractivity contribution is 9.11. The van der Waals surface area contributed by atoms with Gasteiger partial charge in [0, 0.05) is 0 Å². The minimum absolute atomic E-state index is 0.322. The van der Waals surface area contributed by atoms with Crippen LogP contribution in [0.5, 0.6) is 0 Å². The van der Waals surface area contributed by atoms with Gasteiger partial charge in [-0.2, -0.15) is 4.39 Å². The predicted octanol–water partition coefficient (Wildman–Crippen LogP) is 3.80. The summed E-state index contributed by atoms with van der Waals surface area (Å²) in [6.07, 6.45) is 1.21. The molecule has 0 aliphatic rings. The predicted molar refractivity (Wildman–Crippen MR) is 49.1 cm³/mol. The normalized spacial score (nSPS) is 11.8. The average molecular weight is 233 g/mol. The number of hydrogen-bond acceptors (Lipinski definition) is 0. The van der Waals surface area contributed by atoms with E-state index in [4.69, 9.17) is 0 Å². The second-order valence-corrected chi connectivity index (χ2v) is 3.20. The lowest BCUT2D eigenvalue weighted by atomic mass is 10.1. The standard InChI is InChI=1S/C9H7BrF2/c1-6-2-3-7(4-8(6)11)5-9(10)12/h2-5H,1H3/b9-5-. The second-order valence-electron chi connectivity index (χ2n) is 2.44. The van der Waals surface area contributed by atoms with Crippen LogP contribution in [0.2, 0.25) is 0 Å². The Morgan fingerprint density at radius 3 is 2.67 bits per heavy atom. The Morgan fingerprint density at radius 2 is 2.17 bits per heavy atom. The molecule has 1 aromatic rings. The van der Waals surface area contributed by atoms with Crippen molar-refractivity contribution in [2.45, 2.75) is 6.92 Å². The van der Waals surface area contributed by atoms with Gasteiger partial charge in [0.15, 0.2) is 4.74 Å². The van der Waals surface area contributed by atoms with E-state index in [1.54, 1.807) is 19.1 Å². The third kappa shape index (κ3) is 2.41. The maximum atomic E-state index is 12.9. The molecule has 0 fully saturated rings. The van der Waals surface area contributed by atoms with Gasteiger partial charge in [-0.05, 0) is 46.1 Å². The molecule has 64 valence electrons. The van der Waals surface area contributed by atoms with Crippen LogP contribution in [0.15, 0.2) is 22.9 Å². The Morgan fingerprint density at radius 1 is 1.50 bits per heavy atom. The van der Waals surface area contributed by atoms with Gasteiger partial charge in [-0.1, -0.05) is 12.1 Å². The fourth-order valence-corrected chi connectivity index (χ4v) is 1.09. The van der Waals surface area contributed by atoms with Gasteiger partial charge in [-0.25, -0.2) is 4.39 Å². The number of halogens is 3. The average Bonchev–Trinajstić information content (AvgIpc) is 1.96. The minimum atomic E-state index is -0.509. The van der Waals surface area contributed by atoms with Crippen LogP contribution in [-0.2, 0) is 0 Å². The van der Waals surface area contributed by atoms with Crippen LogP contribution in [0.4, 0.5) is 8.78 Å².